The lowest BCUT2D eigenvalue weighted by Crippen LogP contribution is -2.34. The molecule has 1 atom stereocenters. The summed E-state index contributed by atoms with van der Waals surface area (Å²) in [7, 11) is -3.61. The van der Waals surface area contributed by atoms with Gasteiger partial charge in [0.05, 0.1) is 11.5 Å². The molecule has 0 saturated heterocycles. The van der Waals surface area contributed by atoms with Crippen LogP contribution in [-0.2, 0) is 23.1 Å². The number of ether oxygens (including phenoxy) is 1. The molecule has 21 heavy (non-hydrogen) atoms. The van der Waals surface area contributed by atoms with Gasteiger partial charge in [-0.1, -0.05) is 18.2 Å². The topological polar surface area (TPSA) is 75.6 Å². The first-order chi connectivity index (χ1) is 10.1. The third-order valence-electron chi connectivity index (χ3n) is 3.35. The number of nitrogens with one attached hydrogen (secondary N) is 1. The Balaban J connectivity index is 1.66. The molecule has 0 aliphatic carbocycles. The minimum absolute atomic E-state index is 0.144. The largest absolute Gasteiger partial charge is 0.488 e. The van der Waals surface area contributed by atoms with Crippen molar-refractivity contribution in [3.8, 4) is 5.75 Å². The maximum atomic E-state index is 12.2. The number of hydrogen-bond donors (Lipinski definition) is 2. The van der Waals surface area contributed by atoms with Gasteiger partial charge in [-0.25, -0.2) is 13.1 Å². The molecule has 1 unspecified atom stereocenters. The molecule has 3 rings (SSSR count). The maximum absolute atomic E-state index is 12.2. The first-order valence-corrected chi connectivity index (χ1v) is 8.88. The monoisotopic (exact) mass is 325 g/mol. The minimum Gasteiger partial charge on any atom is -0.488 e. The van der Waals surface area contributed by atoms with Gasteiger partial charge in [0.2, 0.25) is 10.0 Å². The molecule has 1 aliphatic rings. The Morgan fingerprint density at radius 1 is 1.33 bits per heavy atom. The molecule has 0 spiro atoms. The number of sulfonamides is 1. The fourth-order valence-electron chi connectivity index (χ4n) is 2.33. The fraction of sp³-hybridized carbons (Fsp3) is 0.286. The third-order valence-corrected chi connectivity index (χ3v) is 5.90. The van der Waals surface area contributed by atoms with Crippen LogP contribution >= 0.6 is 11.3 Å². The lowest BCUT2D eigenvalue weighted by atomic mass is 10.1. The van der Waals surface area contributed by atoms with E-state index in [1.54, 1.807) is 5.38 Å². The Bertz CT molecular complexity index is 714. The fourth-order valence-corrected chi connectivity index (χ4v) is 4.69. The van der Waals surface area contributed by atoms with E-state index in [0.29, 0.717) is 11.3 Å². The molecule has 2 heterocycles. The van der Waals surface area contributed by atoms with E-state index in [-0.39, 0.29) is 24.2 Å². The SMILES string of the molecule is O=S(=O)(NCC1Cc2ccccc2O1)c1ccsc1CO. The van der Waals surface area contributed by atoms with Crippen LogP contribution in [0, 0.1) is 0 Å². The number of fused-ring (bicyclic) bond motifs is 1. The van der Waals surface area contributed by atoms with Crippen molar-refractivity contribution in [1.29, 1.82) is 0 Å². The zero-order valence-electron chi connectivity index (χ0n) is 11.2. The van der Waals surface area contributed by atoms with Crippen molar-refractivity contribution in [1.82, 2.24) is 4.72 Å². The van der Waals surface area contributed by atoms with Gasteiger partial charge in [-0.15, -0.1) is 11.3 Å². The Morgan fingerprint density at radius 2 is 2.14 bits per heavy atom. The van der Waals surface area contributed by atoms with E-state index in [1.807, 2.05) is 24.3 Å². The average molecular weight is 325 g/mol. The Labute approximate surface area is 127 Å². The van der Waals surface area contributed by atoms with Crippen LogP contribution in [0.3, 0.4) is 0 Å². The van der Waals surface area contributed by atoms with E-state index < -0.39 is 10.0 Å². The molecule has 0 radical (unpaired) electrons. The van der Waals surface area contributed by atoms with Crippen LogP contribution in [0.1, 0.15) is 10.4 Å². The zero-order valence-corrected chi connectivity index (χ0v) is 12.8. The Hall–Kier alpha value is -1.41. The van der Waals surface area contributed by atoms with Crippen molar-refractivity contribution in [2.24, 2.45) is 0 Å². The van der Waals surface area contributed by atoms with Gasteiger partial charge in [0, 0.05) is 17.8 Å². The van der Waals surface area contributed by atoms with Gasteiger partial charge in [0.15, 0.2) is 0 Å². The van der Waals surface area contributed by atoms with Gasteiger partial charge in [-0.2, -0.15) is 0 Å². The third kappa shape index (κ3) is 2.96. The molecule has 7 heteroatoms. The molecule has 2 N–H and O–H groups in total. The highest BCUT2D eigenvalue weighted by Crippen LogP contribution is 2.28. The van der Waals surface area contributed by atoms with Gasteiger partial charge < -0.3 is 9.84 Å². The highest BCUT2D eigenvalue weighted by Gasteiger charge is 2.25. The number of aliphatic hydroxyl groups is 1. The van der Waals surface area contributed by atoms with Gasteiger partial charge in [-0.05, 0) is 23.1 Å². The average Bonchev–Trinajstić information content (AvgIpc) is 3.11. The smallest absolute Gasteiger partial charge is 0.241 e. The second kappa shape index (κ2) is 5.76. The second-order valence-corrected chi connectivity index (χ2v) is 7.51. The number of rotatable bonds is 5. The first kappa shape index (κ1) is 14.5. The summed E-state index contributed by atoms with van der Waals surface area (Å²) in [5, 5.41) is 10.8. The summed E-state index contributed by atoms with van der Waals surface area (Å²) in [6.07, 6.45) is 0.489. The van der Waals surface area contributed by atoms with Crippen LogP contribution in [0.2, 0.25) is 0 Å². The predicted molar refractivity (Wildman–Crippen MR) is 80.0 cm³/mol. The summed E-state index contributed by atoms with van der Waals surface area (Å²) < 4.78 is 32.7. The second-order valence-electron chi connectivity index (χ2n) is 4.77. The van der Waals surface area contributed by atoms with Crippen molar-refractivity contribution < 1.29 is 18.3 Å². The van der Waals surface area contributed by atoms with E-state index in [4.69, 9.17) is 9.84 Å². The minimum atomic E-state index is -3.61. The maximum Gasteiger partial charge on any atom is 0.241 e. The van der Waals surface area contributed by atoms with Gasteiger partial charge >= 0.3 is 0 Å². The van der Waals surface area contributed by atoms with Gasteiger partial charge in [-0.3, -0.25) is 0 Å². The van der Waals surface area contributed by atoms with Crippen molar-refractivity contribution >= 4 is 21.4 Å². The normalized spacial score (nSPS) is 17.5. The summed E-state index contributed by atoms with van der Waals surface area (Å²) in [5.74, 6) is 0.813. The number of para-hydroxylation sites is 1. The first-order valence-electron chi connectivity index (χ1n) is 6.51. The summed E-state index contributed by atoms with van der Waals surface area (Å²) in [4.78, 5) is 0.587. The molecule has 0 saturated carbocycles. The number of aliphatic hydroxyl groups excluding tert-OH is 1. The number of hydrogen-bond acceptors (Lipinski definition) is 5. The molecule has 1 aliphatic heterocycles. The lowest BCUT2D eigenvalue weighted by molar-refractivity contribution is 0.236. The van der Waals surface area contributed by atoms with Crippen LogP contribution in [0.25, 0.3) is 0 Å². The molecule has 0 fully saturated rings. The van der Waals surface area contributed by atoms with Crippen molar-refractivity contribution in [3.05, 3.63) is 46.2 Å². The highest BCUT2D eigenvalue weighted by atomic mass is 32.2. The molecule has 2 aromatic rings. The summed E-state index contributed by atoms with van der Waals surface area (Å²) in [6, 6.07) is 9.19. The molecule has 0 bridgehead atoms. The molecule has 1 aromatic heterocycles. The van der Waals surface area contributed by atoms with Crippen LogP contribution < -0.4 is 9.46 Å². The summed E-state index contributed by atoms with van der Waals surface area (Å²) in [6.45, 7) is -0.0724. The predicted octanol–water partition coefficient (Wildman–Crippen LogP) is 1.52. The quantitative estimate of drug-likeness (QED) is 0.874. The Kier molecular flexibility index (Phi) is 3.99. The van der Waals surface area contributed by atoms with Crippen LogP contribution in [0.15, 0.2) is 40.6 Å². The van der Waals surface area contributed by atoms with Crippen molar-refractivity contribution in [2.45, 2.75) is 24.0 Å². The van der Waals surface area contributed by atoms with E-state index in [2.05, 4.69) is 4.72 Å². The summed E-state index contributed by atoms with van der Waals surface area (Å²) in [5.41, 5.74) is 1.09. The molecule has 5 nitrogen and oxygen atoms in total. The van der Waals surface area contributed by atoms with Crippen LogP contribution in [-0.4, -0.2) is 26.2 Å². The van der Waals surface area contributed by atoms with E-state index in [9.17, 15) is 8.42 Å². The Morgan fingerprint density at radius 3 is 2.90 bits per heavy atom. The van der Waals surface area contributed by atoms with Gasteiger partial charge in [0.25, 0.3) is 0 Å². The molecular weight excluding hydrogens is 310 g/mol. The van der Waals surface area contributed by atoms with Crippen molar-refractivity contribution in [2.75, 3.05) is 6.54 Å². The van der Waals surface area contributed by atoms with Crippen LogP contribution in [0.4, 0.5) is 0 Å². The van der Waals surface area contributed by atoms with Crippen molar-refractivity contribution in [3.63, 3.8) is 0 Å². The highest BCUT2D eigenvalue weighted by molar-refractivity contribution is 7.89. The molecule has 1 aromatic carbocycles. The number of benzene rings is 1. The number of thiophene rings is 1. The summed E-state index contributed by atoms with van der Waals surface area (Å²) >= 11 is 1.22. The van der Waals surface area contributed by atoms with E-state index in [1.165, 1.54) is 17.4 Å². The standard InChI is InChI=1S/C14H15NO4S2/c16-9-13-14(5-6-20-13)21(17,18)15-8-11-7-10-3-1-2-4-12(10)19-11/h1-6,11,15-16H,7-9H2. The molecule has 0 amide bonds. The van der Waals surface area contributed by atoms with E-state index >= 15 is 0 Å². The zero-order chi connectivity index (χ0) is 14.9. The van der Waals surface area contributed by atoms with Gasteiger partial charge in [0.1, 0.15) is 11.9 Å². The lowest BCUT2D eigenvalue weighted by Gasteiger charge is -2.12. The molecule has 112 valence electrons. The van der Waals surface area contributed by atoms with Crippen LogP contribution in [0.5, 0.6) is 5.75 Å². The molecular formula is C14H15NO4S2. The van der Waals surface area contributed by atoms with E-state index in [0.717, 1.165) is 11.3 Å².